The van der Waals surface area contributed by atoms with Crippen LogP contribution in [0.3, 0.4) is 0 Å². The molecule has 7 heterocycles. The summed E-state index contributed by atoms with van der Waals surface area (Å²) in [5, 5.41) is 17.1. The van der Waals surface area contributed by atoms with E-state index in [-0.39, 0.29) is 52.9 Å². The molecule has 9 rings (SSSR count). The minimum absolute atomic E-state index is 0.0505. The summed E-state index contributed by atoms with van der Waals surface area (Å²) in [5.74, 6) is 1.11. The van der Waals surface area contributed by atoms with Gasteiger partial charge in [-0.15, -0.1) is 0 Å². The smallest absolute Gasteiger partial charge is 0.319 e. The Morgan fingerprint density at radius 1 is 1.00 bits per heavy atom. The topological polar surface area (TPSA) is 130 Å². The van der Waals surface area contributed by atoms with E-state index in [1.54, 1.807) is 24.4 Å². The molecule has 57 heavy (non-hydrogen) atoms. The first-order chi connectivity index (χ1) is 27.8. The van der Waals surface area contributed by atoms with E-state index in [0.29, 0.717) is 41.6 Å². The van der Waals surface area contributed by atoms with Crippen LogP contribution in [0, 0.1) is 5.82 Å². The van der Waals surface area contributed by atoms with Gasteiger partial charge < -0.3 is 28.9 Å². The molecule has 3 aromatic heterocycles. The molecule has 0 bridgehead atoms. The van der Waals surface area contributed by atoms with Crippen LogP contribution in [0.5, 0.6) is 17.6 Å². The number of anilines is 1. The Bertz CT molecular complexity index is 2280. The SMILES string of the molecule is CCc1cccc2cc(O)cc(-c3ncc4c(N5CCCCCC5)nc(OCC56CCCN5C(COc5cc(CC(=O)N7CCCC7C)on5)CC6)nc4c3F)c12. The van der Waals surface area contributed by atoms with Crippen LogP contribution in [0.15, 0.2) is 47.1 Å². The average Bonchev–Trinajstić information content (AvgIpc) is 3.98. The monoisotopic (exact) mass is 777 g/mol. The molecule has 1 N–H and O–H groups in total. The third kappa shape index (κ3) is 7.23. The van der Waals surface area contributed by atoms with Crippen molar-refractivity contribution in [2.45, 2.75) is 109 Å². The van der Waals surface area contributed by atoms with Crippen LogP contribution >= 0.6 is 0 Å². The Morgan fingerprint density at radius 2 is 1.86 bits per heavy atom. The normalized spacial score (nSPS) is 22.7. The summed E-state index contributed by atoms with van der Waals surface area (Å²) in [6.45, 7) is 8.31. The van der Waals surface area contributed by atoms with Crippen molar-refractivity contribution in [3.05, 3.63) is 59.7 Å². The third-order valence-electron chi connectivity index (χ3n) is 12.9. The van der Waals surface area contributed by atoms with Gasteiger partial charge in [-0.3, -0.25) is 14.7 Å². The molecule has 12 nitrogen and oxygen atoms in total. The Labute approximate surface area is 332 Å². The van der Waals surface area contributed by atoms with E-state index in [2.05, 4.69) is 28.8 Å². The molecule has 0 aliphatic carbocycles. The predicted molar refractivity (Wildman–Crippen MR) is 215 cm³/mol. The first kappa shape index (κ1) is 37.5. The number of aromatic hydroxyl groups is 1. The maximum absolute atomic E-state index is 17.1. The number of benzene rings is 2. The van der Waals surface area contributed by atoms with Gasteiger partial charge in [0.2, 0.25) is 5.91 Å². The molecule has 4 aliphatic heterocycles. The van der Waals surface area contributed by atoms with E-state index >= 15 is 4.39 Å². The van der Waals surface area contributed by atoms with Gasteiger partial charge in [-0.2, -0.15) is 9.97 Å². The summed E-state index contributed by atoms with van der Waals surface area (Å²) in [6, 6.07) is 11.5. The van der Waals surface area contributed by atoms with Crippen LogP contribution in [0.2, 0.25) is 0 Å². The molecule has 0 radical (unpaired) electrons. The molecule has 4 saturated heterocycles. The van der Waals surface area contributed by atoms with Crippen LogP contribution in [0.25, 0.3) is 32.9 Å². The Hall–Kier alpha value is -5.04. The fourth-order valence-electron chi connectivity index (χ4n) is 9.94. The molecular formula is C44H52FN7O5. The highest BCUT2D eigenvalue weighted by molar-refractivity contribution is 6.01. The van der Waals surface area contributed by atoms with E-state index < -0.39 is 5.82 Å². The molecule has 4 fully saturated rings. The van der Waals surface area contributed by atoms with Gasteiger partial charge in [0.05, 0.1) is 17.3 Å². The maximum Gasteiger partial charge on any atom is 0.319 e. The quantitative estimate of drug-likeness (QED) is 0.142. The summed E-state index contributed by atoms with van der Waals surface area (Å²) < 4.78 is 35.3. The highest BCUT2D eigenvalue weighted by Gasteiger charge is 2.50. The van der Waals surface area contributed by atoms with Crippen molar-refractivity contribution in [2.75, 3.05) is 44.3 Å². The number of pyridine rings is 1. The number of carbonyl (C=O) groups excluding carboxylic acids is 1. The molecule has 0 saturated carbocycles. The van der Waals surface area contributed by atoms with Gasteiger partial charge in [0.25, 0.3) is 5.88 Å². The second-order valence-electron chi connectivity index (χ2n) is 16.5. The van der Waals surface area contributed by atoms with Crippen molar-refractivity contribution < 1.29 is 28.3 Å². The third-order valence-corrected chi connectivity index (χ3v) is 12.9. The van der Waals surface area contributed by atoms with Crippen molar-refractivity contribution in [3.8, 4) is 28.9 Å². The minimum Gasteiger partial charge on any atom is -0.508 e. The molecule has 3 unspecified atom stereocenters. The van der Waals surface area contributed by atoms with Crippen LogP contribution < -0.4 is 14.4 Å². The number of fused-ring (bicyclic) bond motifs is 3. The molecule has 0 spiro atoms. The lowest BCUT2D eigenvalue weighted by atomic mass is 9.95. The van der Waals surface area contributed by atoms with Crippen LogP contribution in [-0.4, -0.2) is 97.9 Å². The Morgan fingerprint density at radius 3 is 2.67 bits per heavy atom. The molecule has 2 aromatic carbocycles. The highest BCUT2D eigenvalue weighted by Crippen LogP contribution is 2.44. The average molecular weight is 778 g/mol. The first-order valence-corrected chi connectivity index (χ1v) is 20.9. The zero-order valence-corrected chi connectivity index (χ0v) is 33.0. The number of likely N-dealkylation sites (tertiary alicyclic amines) is 1. The molecular weight excluding hydrogens is 726 g/mol. The minimum atomic E-state index is -0.557. The summed E-state index contributed by atoms with van der Waals surface area (Å²) >= 11 is 0. The van der Waals surface area contributed by atoms with Crippen molar-refractivity contribution in [1.29, 1.82) is 0 Å². The Kier molecular flexibility index (Phi) is 10.3. The second kappa shape index (κ2) is 15.7. The van der Waals surface area contributed by atoms with Crippen molar-refractivity contribution in [3.63, 3.8) is 0 Å². The number of carbonyl (C=O) groups is 1. The number of nitrogens with zero attached hydrogens (tertiary/aromatic N) is 7. The molecule has 3 atom stereocenters. The van der Waals surface area contributed by atoms with Gasteiger partial charge in [-0.25, -0.2) is 4.39 Å². The summed E-state index contributed by atoms with van der Waals surface area (Å²) in [5.41, 5.74) is 1.66. The van der Waals surface area contributed by atoms with E-state index in [9.17, 15) is 9.90 Å². The van der Waals surface area contributed by atoms with Gasteiger partial charge in [-0.1, -0.05) is 38.0 Å². The van der Waals surface area contributed by atoms with Crippen molar-refractivity contribution in [1.82, 2.24) is 29.9 Å². The fourth-order valence-corrected chi connectivity index (χ4v) is 9.94. The second-order valence-corrected chi connectivity index (χ2v) is 16.5. The number of aryl methyl sites for hydroxylation is 1. The molecule has 5 aromatic rings. The van der Waals surface area contributed by atoms with E-state index in [1.807, 2.05) is 23.1 Å². The number of halogens is 1. The standard InChI is InChI=1S/C44H52FN7O5/c1-3-29-12-8-13-30-21-32(53)22-34(38(29)30)40-39(45)41-35(25-46-40)42(50-17-6-4-5-7-18-50)48-43(47-41)56-27-44-15-10-20-52(44)31(14-16-44)26-55-36-23-33(57-49-36)24-37(54)51-19-9-11-28(51)2/h8,12-13,21-23,25,28,31,53H,3-7,9-11,14-20,24,26-27H2,1-2H3. The first-order valence-electron chi connectivity index (χ1n) is 20.9. The van der Waals surface area contributed by atoms with E-state index in [4.69, 9.17) is 28.9 Å². The summed E-state index contributed by atoms with van der Waals surface area (Å²) in [4.78, 5) is 33.9. The lowest BCUT2D eigenvalue weighted by Crippen LogP contribution is -2.48. The van der Waals surface area contributed by atoms with Crippen molar-refractivity contribution >= 4 is 33.4 Å². The molecule has 300 valence electrons. The van der Waals surface area contributed by atoms with E-state index in [0.717, 1.165) is 113 Å². The highest BCUT2D eigenvalue weighted by atomic mass is 19.1. The maximum atomic E-state index is 17.1. The number of ether oxygens (including phenoxy) is 2. The van der Waals surface area contributed by atoms with Gasteiger partial charge in [0.1, 0.15) is 41.8 Å². The summed E-state index contributed by atoms with van der Waals surface area (Å²) in [7, 11) is 0. The van der Waals surface area contributed by atoms with E-state index in [1.165, 1.54) is 0 Å². The van der Waals surface area contributed by atoms with Crippen LogP contribution in [0.1, 0.15) is 89.4 Å². The van der Waals surface area contributed by atoms with Crippen LogP contribution in [-0.2, 0) is 17.6 Å². The number of amides is 1. The van der Waals surface area contributed by atoms with Gasteiger partial charge in [-0.05, 0) is 105 Å². The van der Waals surface area contributed by atoms with Gasteiger partial charge >= 0.3 is 6.01 Å². The number of rotatable bonds is 11. The summed E-state index contributed by atoms with van der Waals surface area (Å²) in [6.07, 6.45) is 12.9. The number of aromatic nitrogens is 4. The zero-order valence-electron chi connectivity index (χ0n) is 33.0. The fraction of sp³-hybridized carbons (Fsp3) is 0.523. The number of hydrogen-bond acceptors (Lipinski definition) is 11. The molecule has 13 heteroatoms. The predicted octanol–water partition coefficient (Wildman–Crippen LogP) is 7.63. The number of phenols is 1. The van der Waals surface area contributed by atoms with Crippen LogP contribution in [0.4, 0.5) is 10.2 Å². The molecule has 1 amide bonds. The number of hydrogen-bond donors (Lipinski definition) is 1. The van der Waals surface area contributed by atoms with Gasteiger partial charge in [0, 0.05) is 49.5 Å². The number of phenolic OH excluding ortho intramolecular Hbond substituents is 1. The largest absolute Gasteiger partial charge is 0.508 e. The Balaban J connectivity index is 0.964. The zero-order chi connectivity index (χ0) is 39.1. The van der Waals surface area contributed by atoms with Crippen molar-refractivity contribution in [2.24, 2.45) is 0 Å². The lowest BCUT2D eigenvalue weighted by molar-refractivity contribution is -0.131. The van der Waals surface area contributed by atoms with Gasteiger partial charge in [0.15, 0.2) is 5.82 Å². The lowest BCUT2D eigenvalue weighted by Gasteiger charge is -2.34. The molecule has 4 aliphatic rings.